The van der Waals surface area contributed by atoms with Crippen molar-refractivity contribution in [2.75, 3.05) is 23.9 Å². The first-order chi connectivity index (χ1) is 13.9. The minimum Gasteiger partial charge on any atom is -0.482 e. The number of ether oxygens (including phenoxy) is 1. The van der Waals surface area contributed by atoms with E-state index in [4.69, 9.17) is 27.9 Å². The number of halogens is 2. The second-order valence-corrected chi connectivity index (χ2v) is 6.91. The molecule has 6 nitrogen and oxygen atoms in total. The van der Waals surface area contributed by atoms with Crippen molar-refractivity contribution in [1.29, 1.82) is 0 Å². The van der Waals surface area contributed by atoms with Crippen molar-refractivity contribution in [2.24, 2.45) is 0 Å². The predicted octanol–water partition coefficient (Wildman–Crippen LogP) is 4.68. The molecule has 0 fully saturated rings. The Balaban J connectivity index is 1.63. The van der Waals surface area contributed by atoms with Gasteiger partial charge in [-0.15, -0.1) is 0 Å². The van der Waals surface area contributed by atoms with E-state index < -0.39 is 0 Å². The number of nitrogens with one attached hydrogen (secondary N) is 1. The fourth-order valence-electron chi connectivity index (χ4n) is 2.54. The van der Waals surface area contributed by atoms with Gasteiger partial charge in [-0.1, -0.05) is 29.3 Å². The van der Waals surface area contributed by atoms with Gasteiger partial charge in [-0.2, -0.15) is 0 Å². The van der Waals surface area contributed by atoms with E-state index in [1.165, 1.54) is 11.0 Å². The van der Waals surface area contributed by atoms with Crippen LogP contribution in [0.2, 0.25) is 10.0 Å². The van der Waals surface area contributed by atoms with Gasteiger partial charge >= 0.3 is 0 Å². The molecule has 1 aromatic heterocycles. The molecule has 0 saturated heterocycles. The van der Waals surface area contributed by atoms with Crippen molar-refractivity contribution in [2.45, 2.75) is 0 Å². The summed E-state index contributed by atoms with van der Waals surface area (Å²) in [6.07, 6.45) is 3.23. The standard InChI is InChI=1S/C21H17Cl2N3O3/c1-26(17-7-9-24-10-8-17)21(28)14-3-2-4-16(11-14)25-20(27)13-29-19-6-5-15(22)12-18(19)23/h2-12H,13H2,1H3,(H,25,27). The molecule has 0 aliphatic heterocycles. The summed E-state index contributed by atoms with van der Waals surface area (Å²) in [6.45, 7) is -0.240. The van der Waals surface area contributed by atoms with Gasteiger partial charge in [0.15, 0.2) is 6.61 Å². The number of rotatable bonds is 6. The Morgan fingerprint density at radius 3 is 2.55 bits per heavy atom. The highest BCUT2D eigenvalue weighted by Gasteiger charge is 2.14. The van der Waals surface area contributed by atoms with Crippen LogP contribution in [0.15, 0.2) is 67.0 Å². The van der Waals surface area contributed by atoms with Gasteiger partial charge in [0.05, 0.1) is 5.02 Å². The van der Waals surface area contributed by atoms with Crippen molar-refractivity contribution in [3.05, 3.63) is 82.6 Å². The van der Waals surface area contributed by atoms with Crippen LogP contribution in [0.25, 0.3) is 0 Å². The summed E-state index contributed by atoms with van der Waals surface area (Å²) >= 11 is 11.9. The van der Waals surface area contributed by atoms with Crippen LogP contribution in [0.4, 0.5) is 11.4 Å². The molecule has 1 N–H and O–H groups in total. The molecule has 148 valence electrons. The van der Waals surface area contributed by atoms with Crippen LogP contribution >= 0.6 is 23.2 Å². The molecule has 0 atom stereocenters. The Kier molecular flexibility index (Phi) is 6.69. The maximum Gasteiger partial charge on any atom is 0.262 e. The molecular formula is C21H17Cl2N3O3. The first kappa shape index (κ1) is 20.6. The largest absolute Gasteiger partial charge is 0.482 e. The first-order valence-corrected chi connectivity index (χ1v) is 9.35. The summed E-state index contributed by atoms with van der Waals surface area (Å²) in [6, 6.07) is 14.9. The molecule has 0 bridgehead atoms. The van der Waals surface area contributed by atoms with Gasteiger partial charge in [0.2, 0.25) is 0 Å². The van der Waals surface area contributed by atoms with Crippen molar-refractivity contribution in [3.8, 4) is 5.75 Å². The summed E-state index contributed by atoms with van der Waals surface area (Å²) < 4.78 is 5.42. The van der Waals surface area contributed by atoms with Gasteiger partial charge in [-0.3, -0.25) is 14.6 Å². The summed E-state index contributed by atoms with van der Waals surface area (Å²) in [5, 5.41) is 3.50. The third kappa shape index (κ3) is 5.47. The van der Waals surface area contributed by atoms with E-state index in [0.717, 1.165) is 0 Å². The number of carbonyl (C=O) groups is 2. The molecule has 8 heteroatoms. The van der Waals surface area contributed by atoms with E-state index in [-0.39, 0.29) is 18.4 Å². The minimum absolute atomic E-state index is 0.212. The molecule has 3 rings (SSSR count). The Labute approximate surface area is 178 Å². The maximum absolute atomic E-state index is 12.7. The molecule has 3 aromatic rings. The highest BCUT2D eigenvalue weighted by atomic mass is 35.5. The Hall–Kier alpha value is -3.09. The SMILES string of the molecule is CN(C(=O)c1cccc(NC(=O)COc2ccc(Cl)cc2Cl)c1)c1ccncc1. The number of pyridine rings is 1. The van der Waals surface area contributed by atoms with E-state index >= 15 is 0 Å². The van der Waals surface area contributed by atoms with Crippen molar-refractivity contribution >= 4 is 46.4 Å². The van der Waals surface area contributed by atoms with Gasteiger partial charge in [-0.05, 0) is 48.5 Å². The molecule has 2 amide bonds. The molecule has 1 heterocycles. The number of benzene rings is 2. The van der Waals surface area contributed by atoms with Crippen molar-refractivity contribution < 1.29 is 14.3 Å². The third-order valence-electron chi connectivity index (χ3n) is 4.00. The average molecular weight is 430 g/mol. The van der Waals surface area contributed by atoms with Crippen LogP contribution in [-0.4, -0.2) is 30.5 Å². The van der Waals surface area contributed by atoms with Crippen LogP contribution < -0.4 is 15.0 Å². The quantitative estimate of drug-likeness (QED) is 0.617. The predicted molar refractivity (Wildman–Crippen MR) is 114 cm³/mol. The van der Waals surface area contributed by atoms with Crippen LogP contribution in [-0.2, 0) is 4.79 Å². The fourth-order valence-corrected chi connectivity index (χ4v) is 3.00. The zero-order valence-electron chi connectivity index (χ0n) is 15.4. The monoisotopic (exact) mass is 429 g/mol. The lowest BCUT2D eigenvalue weighted by Crippen LogP contribution is -2.26. The molecule has 0 saturated carbocycles. The lowest BCUT2D eigenvalue weighted by molar-refractivity contribution is -0.118. The van der Waals surface area contributed by atoms with Crippen LogP contribution in [0, 0.1) is 0 Å². The fraction of sp³-hybridized carbons (Fsp3) is 0.0952. The van der Waals surface area contributed by atoms with E-state index in [1.54, 1.807) is 68.0 Å². The summed E-state index contributed by atoms with van der Waals surface area (Å²) in [5.41, 5.74) is 1.63. The minimum atomic E-state index is -0.386. The van der Waals surface area contributed by atoms with E-state index in [1.807, 2.05) is 0 Å². The summed E-state index contributed by atoms with van der Waals surface area (Å²) in [4.78, 5) is 30.3. The van der Waals surface area contributed by atoms with Crippen LogP contribution in [0.5, 0.6) is 5.75 Å². The lowest BCUT2D eigenvalue weighted by Gasteiger charge is -2.17. The number of hydrogen-bond donors (Lipinski definition) is 1. The van der Waals surface area contributed by atoms with Gasteiger partial charge in [0.1, 0.15) is 5.75 Å². The zero-order valence-corrected chi connectivity index (χ0v) is 16.9. The van der Waals surface area contributed by atoms with E-state index in [2.05, 4.69) is 10.3 Å². The average Bonchev–Trinajstić information content (AvgIpc) is 2.73. The molecular weight excluding hydrogens is 413 g/mol. The molecule has 0 aliphatic carbocycles. The molecule has 0 unspecified atom stereocenters. The van der Waals surface area contributed by atoms with Crippen molar-refractivity contribution in [3.63, 3.8) is 0 Å². The number of carbonyl (C=O) groups excluding carboxylic acids is 2. The normalized spacial score (nSPS) is 10.3. The highest BCUT2D eigenvalue weighted by molar-refractivity contribution is 6.35. The third-order valence-corrected chi connectivity index (χ3v) is 4.53. The van der Waals surface area contributed by atoms with Gasteiger partial charge in [-0.25, -0.2) is 0 Å². The Bertz CT molecular complexity index is 1030. The van der Waals surface area contributed by atoms with E-state index in [9.17, 15) is 9.59 Å². The molecule has 0 aliphatic rings. The number of nitrogens with zero attached hydrogens (tertiary/aromatic N) is 2. The first-order valence-electron chi connectivity index (χ1n) is 8.60. The van der Waals surface area contributed by atoms with Crippen molar-refractivity contribution in [1.82, 2.24) is 4.98 Å². The van der Waals surface area contributed by atoms with Crippen LogP contribution in [0.1, 0.15) is 10.4 Å². The smallest absolute Gasteiger partial charge is 0.262 e. The Morgan fingerprint density at radius 1 is 1.07 bits per heavy atom. The zero-order chi connectivity index (χ0) is 20.8. The van der Waals surface area contributed by atoms with Gasteiger partial charge in [0.25, 0.3) is 11.8 Å². The summed E-state index contributed by atoms with van der Waals surface area (Å²) in [7, 11) is 1.67. The second-order valence-electron chi connectivity index (χ2n) is 6.06. The van der Waals surface area contributed by atoms with Gasteiger partial charge < -0.3 is 15.0 Å². The number of anilines is 2. The number of amides is 2. The molecule has 29 heavy (non-hydrogen) atoms. The molecule has 0 spiro atoms. The number of hydrogen-bond acceptors (Lipinski definition) is 4. The van der Waals surface area contributed by atoms with Crippen LogP contribution in [0.3, 0.4) is 0 Å². The Morgan fingerprint density at radius 2 is 1.83 bits per heavy atom. The van der Waals surface area contributed by atoms with Gasteiger partial charge in [0, 0.05) is 41.4 Å². The molecule has 2 aromatic carbocycles. The van der Waals surface area contributed by atoms with E-state index in [0.29, 0.717) is 32.7 Å². The second kappa shape index (κ2) is 9.41. The lowest BCUT2D eigenvalue weighted by atomic mass is 10.1. The maximum atomic E-state index is 12.7. The molecule has 0 radical (unpaired) electrons. The highest BCUT2D eigenvalue weighted by Crippen LogP contribution is 2.27. The topological polar surface area (TPSA) is 71.5 Å². The number of aromatic nitrogens is 1. The summed E-state index contributed by atoms with van der Waals surface area (Å²) in [5.74, 6) is -0.242.